The van der Waals surface area contributed by atoms with E-state index in [4.69, 9.17) is 14.4 Å². The number of imidazole rings is 1. The fourth-order valence-electron chi connectivity index (χ4n) is 7.54. The lowest BCUT2D eigenvalue weighted by Crippen LogP contribution is -2.37. The zero-order chi connectivity index (χ0) is 36.6. The minimum absolute atomic E-state index is 0.193. The van der Waals surface area contributed by atoms with Gasteiger partial charge in [-0.15, -0.1) is 0 Å². The quantitative estimate of drug-likeness (QED) is 0.174. The number of hydrogen-bond acceptors (Lipinski definition) is 4. The van der Waals surface area contributed by atoms with Crippen LogP contribution >= 0.6 is 0 Å². The van der Waals surface area contributed by atoms with Crippen molar-refractivity contribution in [1.29, 1.82) is 0 Å². The Kier molecular flexibility index (Phi) is 7.59. The van der Waals surface area contributed by atoms with Gasteiger partial charge in [-0.3, -0.25) is 9.55 Å². The Labute approximate surface area is 311 Å². The van der Waals surface area contributed by atoms with E-state index in [-0.39, 0.29) is 5.75 Å². The van der Waals surface area contributed by atoms with Crippen molar-refractivity contribution in [2.24, 2.45) is 0 Å². The van der Waals surface area contributed by atoms with Crippen LogP contribution in [0.1, 0.15) is 0 Å². The maximum absolute atomic E-state index is 11.3. The van der Waals surface area contributed by atoms with E-state index in [1.165, 1.54) is 10.4 Å². The molecule has 9 aromatic rings. The SMILES string of the molecule is C[Si](C)(C)c1ccnc(-c2cc(-c3cc([Si](C)(C)C)cc4c3nc(-c3ccccc3O)n4-c3cccc4ccccc34)cc3c2oc2ccccc23)c1. The topological polar surface area (TPSA) is 64.1 Å². The second-order valence-electron chi connectivity index (χ2n) is 16.1. The maximum Gasteiger partial charge on any atom is 0.149 e. The van der Waals surface area contributed by atoms with Crippen LogP contribution in [-0.2, 0) is 0 Å². The van der Waals surface area contributed by atoms with E-state index in [2.05, 4.69) is 135 Å². The second kappa shape index (κ2) is 12.2. The number of hydrogen-bond donors (Lipinski definition) is 1. The first-order valence-electron chi connectivity index (χ1n) is 18.2. The molecule has 6 aromatic carbocycles. The minimum atomic E-state index is -1.88. The molecule has 0 aliphatic heterocycles. The molecule has 7 heteroatoms. The third-order valence-corrected chi connectivity index (χ3v) is 14.5. The Hall–Kier alpha value is -5.77. The van der Waals surface area contributed by atoms with Gasteiger partial charge in [0.25, 0.3) is 0 Å². The summed E-state index contributed by atoms with van der Waals surface area (Å²) < 4.78 is 8.90. The number of aromatic hydroxyl groups is 1. The third-order valence-electron chi connectivity index (χ3n) is 10.5. The summed E-state index contributed by atoms with van der Waals surface area (Å²) in [6.45, 7) is 14.3. The molecule has 0 aliphatic rings. The Morgan fingerprint density at radius 3 is 2.11 bits per heavy atom. The monoisotopic (exact) mass is 723 g/mol. The highest BCUT2D eigenvalue weighted by molar-refractivity contribution is 6.89. The summed E-state index contributed by atoms with van der Waals surface area (Å²) in [5.41, 5.74) is 9.25. The average molecular weight is 724 g/mol. The number of aromatic nitrogens is 3. The highest BCUT2D eigenvalue weighted by Crippen LogP contribution is 2.43. The number of phenolic OH excluding ortho intramolecular Hbond substituents is 1. The number of pyridine rings is 1. The molecule has 0 radical (unpaired) electrons. The third kappa shape index (κ3) is 5.59. The van der Waals surface area contributed by atoms with Crippen LogP contribution in [0, 0.1) is 0 Å². The molecule has 3 heterocycles. The van der Waals surface area contributed by atoms with Crippen molar-refractivity contribution >= 4 is 70.3 Å². The van der Waals surface area contributed by atoms with Gasteiger partial charge in [0.15, 0.2) is 0 Å². The molecule has 0 bridgehead atoms. The van der Waals surface area contributed by atoms with Crippen molar-refractivity contribution in [3.05, 3.63) is 134 Å². The van der Waals surface area contributed by atoms with Crippen LogP contribution < -0.4 is 10.4 Å². The molecule has 0 aliphatic carbocycles. The van der Waals surface area contributed by atoms with Gasteiger partial charge < -0.3 is 9.52 Å². The predicted octanol–water partition coefficient (Wildman–Crippen LogP) is 11.3. The summed E-state index contributed by atoms with van der Waals surface area (Å²) in [4.78, 5) is 10.4. The summed E-state index contributed by atoms with van der Waals surface area (Å²) >= 11 is 0. The standard InChI is InChI=1S/C46H41N3O2Si2/c1-52(2,3)31-22-23-47-39(27-31)38-25-30(24-37-34-17-10-12-21-43(34)51-45(37)38)36-26-32(53(4,5)6)28-41-44(36)48-46(35-18-9-11-20-42(35)50)49(41)40-19-13-15-29-14-7-8-16-33(29)40/h7-28,50H,1-6H3. The van der Waals surface area contributed by atoms with Crippen LogP contribution in [0.4, 0.5) is 0 Å². The number of rotatable bonds is 6. The fourth-order valence-corrected chi connectivity index (χ4v) is 9.83. The van der Waals surface area contributed by atoms with Crippen molar-refractivity contribution in [2.75, 3.05) is 0 Å². The van der Waals surface area contributed by atoms with Gasteiger partial charge in [-0.1, -0.05) is 122 Å². The number of fused-ring (bicyclic) bond motifs is 5. The Morgan fingerprint density at radius 2 is 1.32 bits per heavy atom. The van der Waals surface area contributed by atoms with Gasteiger partial charge in [0, 0.05) is 33.5 Å². The second-order valence-corrected chi connectivity index (χ2v) is 26.3. The van der Waals surface area contributed by atoms with Crippen molar-refractivity contribution in [1.82, 2.24) is 14.5 Å². The molecule has 3 aromatic heterocycles. The number of furan rings is 1. The number of para-hydroxylation sites is 2. The van der Waals surface area contributed by atoms with Gasteiger partial charge in [-0.05, 0) is 65.5 Å². The van der Waals surface area contributed by atoms with Crippen LogP contribution in [0.15, 0.2) is 138 Å². The highest BCUT2D eigenvalue weighted by Gasteiger charge is 2.27. The Morgan fingerprint density at radius 1 is 0.604 bits per heavy atom. The summed E-state index contributed by atoms with van der Waals surface area (Å²) in [6.07, 6.45) is 1.94. The fraction of sp³-hybridized carbons (Fsp3) is 0.130. The van der Waals surface area contributed by atoms with Crippen LogP contribution in [0.3, 0.4) is 0 Å². The summed E-state index contributed by atoms with van der Waals surface area (Å²) in [6, 6.07) is 44.3. The van der Waals surface area contributed by atoms with Gasteiger partial charge in [0.05, 0.1) is 44.1 Å². The zero-order valence-corrected chi connectivity index (χ0v) is 32.9. The zero-order valence-electron chi connectivity index (χ0n) is 30.9. The first-order chi connectivity index (χ1) is 25.5. The van der Waals surface area contributed by atoms with Crippen LogP contribution in [0.25, 0.3) is 83.2 Å². The number of nitrogens with zero attached hydrogens (tertiary/aromatic N) is 3. The molecule has 0 saturated carbocycles. The molecule has 0 fully saturated rings. The lowest BCUT2D eigenvalue weighted by atomic mass is 9.96. The van der Waals surface area contributed by atoms with Crippen LogP contribution in [-0.4, -0.2) is 35.8 Å². The van der Waals surface area contributed by atoms with E-state index in [0.717, 1.165) is 71.8 Å². The first kappa shape index (κ1) is 33.1. The van der Waals surface area contributed by atoms with Crippen molar-refractivity contribution in [3.63, 3.8) is 0 Å². The lowest BCUT2D eigenvalue weighted by Gasteiger charge is -2.20. The molecule has 0 unspecified atom stereocenters. The van der Waals surface area contributed by atoms with E-state index in [0.29, 0.717) is 11.4 Å². The molecule has 1 N–H and O–H groups in total. The molecular formula is C46H41N3O2Si2. The van der Waals surface area contributed by atoms with Gasteiger partial charge in [-0.25, -0.2) is 4.98 Å². The average Bonchev–Trinajstić information content (AvgIpc) is 3.72. The van der Waals surface area contributed by atoms with Crippen LogP contribution in [0.5, 0.6) is 5.75 Å². The number of benzene rings is 6. The van der Waals surface area contributed by atoms with E-state index in [9.17, 15) is 5.11 Å². The molecule has 0 atom stereocenters. The van der Waals surface area contributed by atoms with E-state index >= 15 is 0 Å². The molecule has 53 heavy (non-hydrogen) atoms. The first-order valence-corrected chi connectivity index (χ1v) is 25.2. The number of phenols is 1. The van der Waals surface area contributed by atoms with E-state index in [1.54, 1.807) is 6.07 Å². The largest absolute Gasteiger partial charge is 0.507 e. The lowest BCUT2D eigenvalue weighted by molar-refractivity contribution is 0.477. The van der Waals surface area contributed by atoms with E-state index in [1.807, 2.05) is 36.5 Å². The van der Waals surface area contributed by atoms with Crippen molar-refractivity contribution < 1.29 is 9.52 Å². The van der Waals surface area contributed by atoms with Crippen molar-refractivity contribution in [2.45, 2.75) is 39.3 Å². The normalized spacial score (nSPS) is 12.4. The molecule has 0 spiro atoms. The highest BCUT2D eigenvalue weighted by atomic mass is 28.3. The minimum Gasteiger partial charge on any atom is -0.507 e. The van der Waals surface area contributed by atoms with E-state index < -0.39 is 16.1 Å². The summed E-state index contributed by atoms with van der Waals surface area (Å²) in [5.74, 6) is 0.890. The summed E-state index contributed by atoms with van der Waals surface area (Å²) in [5, 5.41) is 18.4. The molecular weight excluding hydrogens is 683 g/mol. The van der Waals surface area contributed by atoms with Gasteiger partial charge in [0.2, 0.25) is 0 Å². The predicted molar refractivity (Wildman–Crippen MR) is 228 cm³/mol. The van der Waals surface area contributed by atoms with Gasteiger partial charge in [-0.2, -0.15) is 0 Å². The Bertz CT molecular complexity index is 2890. The van der Waals surface area contributed by atoms with Gasteiger partial charge >= 0.3 is 0 Å². The molecule has 0 saturated heterocycles. The maximum atomic E-state index is 11.3. The van der Waals surface area contributed by atoms with Gasteiger partial charge in [0.1, 0.15) is 22.7 Å². The van der Waals surface area contributed by atoms with Crippen LogP contribution in [0.2, 0.25) is 39.3 Å². The van der Waals surface area contributed by atoms with Crippen molar-refractivity contribution in [3.8, 4) is 45.2 Å². The molecule has 0 amide bonds. The molecule has 260 valence electrons. The summed E-state index contributed by atoms with van der Waals surface area (Å²) in [7, 11) is -3.51. The molecule has 5 nitrogen and oxygen atoms in total. The molecule has 9 rings (SSSR count). The Balaban J connectivity index is 1.43. The smallest absolute Gasteiger partial charge is 0.149 e.